The lowest BCUT2D eigenvalue weighted by Crippen LogP contribution is -2.06. The van der Waals surface area contributed by atoms with Gasteiger partial charge in [-0.05, 0) is 12.1 Å². The molecule has 3 rings (SSSR count). The number of fused-ring (bicyclic) bond motifs is 1. The summed E-state index contributed by atoms with van der Waals surface area (Å²) in [7, 11) is -3.50. The third kappa shape index (κ3) is 2.77. The van der Waals surface area contributed by atoms with Crippen LogP contribution in [0, 0.1) is 0 Å². The van der Waals surface area contributed by atoms with Gasteiger partial charge in [0.1, 0.15) is 17.4 Å². The fourth-order valence-corrected chi connectivity index (χ4v) is 2.18. The molecular formula is C12H10N6O2S. The van der Waals surface area contributed by atoms with E-state index < -0.39 is 9.84 Å². The van der Waals surface area contributed by atoms with E-state index >= 15 is 0 Å². The van der Waals surface area contributed by atoms with E-state index in [1.807, 2.05) is 0 Å². The zero-order valence-electron chi connectivity index (χ0n) is 10.9. The number of rotatable bonds is 3. The van der Waals surface area contributed by atoms with Crippen molar-refractivity contribution in [2.75, 3.05) is 11.6 Å². The van der Waals surface area contributed by atoms with Crippen LogP contribution in [0.15, 0.2) is 42.2 Å². The standard InChI is InChI=1S/C12H10N6O2S/c1-21(19,20)12-14-6-9-10(18-12)11(16-7-15-9)17-8-2-4-13-5-3-8/h2-7H,1H3,(H,13,15,16,17). The van der Waals surface area contributed by atoms with E-state index in [9.17, 15) is 8.42 Å². The van der Waals surface area contributed by atoms with E-state index in [0.717, 1.165) is 11.9 Å². The van der Waals surface area contributed by atoms with Gasteiger partial charge in [-0.25, -0.2) is 28.4 Å². The Morgan fingerprint density at radius 2 is 1.86 bits per heavy atom. The van der Waals surface area contributed by atoms with Crippen LogP contribution in [0.5, 0.6) is 0 Å². The van der Waals surface area contributed by atoms with E-state index in [-0.39, 0.29) is 5.16 Å². The highest BCUT2D eigenvalue weighted by Crippen LogP contribution is 2.21. The number of hydrogen-bond acceptors (Lipinski definition) is 8. The van der Waals surface area contributed by atoms with Gasteiger partial charge >= 0.3 is 0 Å². The Kier molecular flexibility index (Phi) is 3.18. The summed E-state index contributed by atoms with van der Waals surface area (Å²) in [4.78, 5) is 19.9. The summed E-state index contributed by atoms with van der Waals surface area (Å²) in [5.41, 5.74) is 1.54. The second-order valence-electron chi connectivity index (χ2n) is 4.24. The van der Waals surface area contributed by atoms with E-state index in [1.54, 1.807) is 24.5 Å². The molecule has 106 valence electrons. The highest BCUT2D eigenvalue weighted by Gasteiger charge is 2.14. The fourth-order valence-electron chi connectivity index (χ4n) is 1.68. The molecule has 0 spiro atoms. The van der Waals surface area contributed by atoms with Gasteiger partial charge in [-0.3, -0.25) is 4.98 Å². The number of aromatic nitrogens is 5. The molecule has 9 heteroatoms. The lowest BCUT2D eigenvalue weighted by molar-refractivity contribution is 0.593. The van der Waals surface area contributed by atoms with Crippen LogP contribution in [0.4, 0.5) is 11.5 Å². The second-order valence-corrected chi connectivity index (χ2v) is 6.15. The molecule has 3 heterocycles. The van der Waals surface area contributed by atoms with Crippen LogP contribution >= 0.6 is 0 Å². The Morgan fingerprint density at radius 3 is 2.57 bits per heavy atom. The van der Waals surface area contributed by atoms with Gasteiger partial charge in [0, 0.05) is 24.3 Å². The monoisotopic (exact) mass is 302 g/mol. The van der Waals surface area contributed by atoms with E-state index in [2.05, 4.69) is 30.2 Å². The van der Waals surface area contributed by atoms with Crippen LogP contribution in [0.2, 0.25) is 0 Å². The minimum absolute atomic E-state index is 0.262. The first-order valence-electron chi connectivity index (χ1n) is 5.89. The number of sulfone groups is 1. The number of pyridine rings is 1. The first kappa shape index (κ1) is 13.3. The highest BCUT2D eigenvalue weighted by molar-refractivity contribution is 7.90. The summed E-state index contributed by atoms with van der Waals surface area (Å²) >= 11 is 0. The zero-order valence-corrected chi connectivity index (χ0v) is 11.7. The molecule has 0 unspecified atom stereocenters. The van der Waals surface area contributed by atoms with E-state index in [1.165, 1.54) is 12.5 Å². The molecule has 0 fully saturated rings. The number of nitrogens with zero attached hydrogens (tertiary/aromatic N) is 5. The van der Waals surface area contributed by atoms with Crippen molar-refractivity contribution < 1.29 is 8.42 Å². The van der Waals surface area contributed by atoms with Crippen molar-refractivity contribution in [3.8, 4) is 0 Å². The minimum Gasteiger partial charge on any atom is -0.338 e. The Bertz CT molecular complexity index is 898. The second kappa shape index (κ2) is 5.02. The lowest BCUT2D eigenvalue weighted by atomic mass is 10.3. The van der Waals surface area contributed by atoms with Gasteiger partial charge < -0.3 is 5.32 Å². The molecule has 3 aromatic heterocycles. The lowest BCUT2D eigenvalue weighted by Gasteiger charge is -2.07. The van der Waals surface area contributed by atoms with Gasteiger partial charge in [0.05, 0.1) is 6.20 Å². The molecule has 0 aliphatic rings. The predicted molar refractivity (Wildman–Crippen MR) is 75.8 cm³/mol. The number of hydrogen-bond donors (Lipinski definition) is 1. The number of anilines is 2. The molecule has 8 nitrogen and oxygen atoms in total. The summed E-state index contributed by atoms with van der Waals surface area (Å²) in [5.74, 6) is 0.401. The average molecular weight is 302 g/mol. The Morgan fingerprint density at radius 1 is 1.10 bits per heavy atom. The van der Waals surface area contributed by atoms with E-state index in [4.69, 9.17) is 0 Å². The van der Waals surface area contributed by atoms with Gasteiger partial charge in [-0.2, -0.15) is 0 Å². The molecular weight excluding hydrogens is 292 g/mol. The van der Waals surface area contributed by atoms with Gasteiger partial charge in [0.15, 0.2) is 5.82 Å². The SMILES string of the molecule is CS(=O)(=O)c1ncc2ncnc(Nc3ccncc3)c2n1. The summed E-state index contributed by atoms with van der Waals surface area (Å²) in [5, 5.41) is 2.79. The Labute approximate surface area is 120 Å². The smallest absolute Gasteiger partial charge is 0.247 e. The molecule has 0 aliphatic carbocycles. The molecule has 0 saturated carbocycles. The van der Waals surface area contributed by atoms with Crippen LogP contribution in [-0.4, -0.2) is 39.6 Å². The Hall–Kier alpha value is -2.68. The predicted octanol–water partition coefficient (Wildman–Crippen LogP) is 0.962. The van der Waals surface area contributed by atoms with Crippen LogP contribution in [-0.2, 0) is 9.84 Å². The average Bonchev–Trinajstić information content (AvgIpc) is 2.47. The van der Waals surface area contributed by atoms with Crippen molar-refractivity contribution in [1.29, 1.82) is 0 Å². The molecule has 3 aromatic rings. The topological polar surface area (TPSA) is 111 Å². The van der Waals surface area contributed by atoms with Crippen LogP contribution in [0.1, 0.15) is 0 Å². The third-order valence-electron chi connectivity index (χ3n) is 2.63. The van der Waals surface area contributed by atoms with Crippen molar-refractivity contribution in [2.45, 2.75) is 5.16 Å². The normalized spacial score (nSPS) is 11.5. The summed E-state index contributed by atoms with van der Waals surface area (Å²) in [6.45, 7) is 0. The van der Waals surface area contributed by atoms with Crippen molar-refractivity contribution in [2.24, 2.45) is 0 Å². The van der Waals surface area contributed by atoms with Gasteiger partial charge in [0.2, 0.25) is 15.0 Å². The fraction of sp³-hybridized carbons (Fsp3) is 0.0833. The minimum atomic E-state index is -3.50. The highest BCUT2D eigenvalue weighted by atomic mass is 32.2. The molecule has 0 radical (unpaired) electrons. The summed E-state index contributed by atoms with van der Waals surface area (Å²) < 4.78 is 23.1. The van der Waals surface area contributed by atoms with Crippen molar-refractivity contribution in [3.05, 3.63) is 37.1 Å². The zero-order chi connectivity index (χ0) is 14.9. The third-order valence-corrected chi connectivity index (χ3v) is 3.49. The van der Waals surface area contributed by atoms with Gasteiger partial charge in [-0.1, -0.05) is 0 Å². The Balaban J connectivity index is 2.14. The maximum atomic E-state index is 11.6. The van der Waals surface area contributed by atoms with Gasteiger partial charge in [-0.15, -0.1) is 0 Å². The van der Waals surface area contributed by atoms with Crippen LogP contribution < -0.4 is 5.32 Å². The largest absolute Gasteiger partial charge is 0.338 e. The molecule has 0 saturated heterocycles. The van der Waals surface area contributed by atoms with Gasteiger partial charge in [0.25, 0.3) is 0 Å². The van der Waals surface area contributed by atoms with Crippen LogP contribution in [0.25, 0.3) is 11.0 Å². The van der Waals surface area contributed by atoms with Crippen molar-refractivity contribution in [3.63, 3.8) is 0 Å². The summed E-state index contributed by atoms with van der Waals surface area (Å²) in [6.07, 6.45) is 7.02. The molecule has 0 aliphatic heterocycles. The number of nitrogens with one attached hydrogen (secondary N) is 1. The first-order chi connectivity index (χ1) is 10.0. The molecule has 1 N–H and O–H groups in total. The maximum Gasteiger partial charge on any atom is 0.247 e. The summed E-state index contributed by atoms with van der Waals surface area (Å²) in [6, 6.07) is 3.51. The first-order valence-corrected chi connectivity index (χ1v) is 7.78. The quantitative estimate of drug-likeness (QED) is 0.712. The molecule has 0 aromatic carbocycles. The van der Waals surface area contributed by atoms with Crippen molar-refractivity contribution >= 4 is 32.4 Å². The molecule has 0 atom stereocenters. The molecule has 0 amide bonds. The van der Waals surface area contributed by atoms with Crippen LogP contribution in [0.3, 0.4) is 0 Å². The van der Waals surface area contributed by atoms with Crippen molar-refractivity contribution in [1.82, 2.24) is 24.9 Å². The maximum absolute atomic E-state index is 11.6. The molecule has 21 heavy (non-hydrogen) atoms. The van der Waals surface area contributed by atoms with E-state index in [0.29, 0.717) is 16.9 Å². The molecule has 0 bridgehead atoms.